The number of nitrogens with two attached hydrogens (primary N) is 1. The first-order chi connectivity index (χ1) is 6.45. The van der Waals surface area contributed by atoms with Crippen LogP contribution in [0.25, 0.3) is 0 Å². The summed E-state index contributed by atoms with van der Waals surface area (Å²) in [5, 5.41) is 7.41. The third-order valence-electron chi connectivity index (χ3n) is 1.46. The molecule has 14 heavy (non-hydrogen) atoms. The van der Waals surface area contributed by atoms with Gasteiger partial charge in [0.1, 0.15) is 0 Å². The summed E-state index contributed by atoms with van der Waals surface area (Å²) in [6.07, 6.45) is 2.76. The molecular formula is C7H16N2O3S2. The second-order valence-corrected chi connectivity index (χ2v) is 5.53. The lowest BCUT2D eigenvalue weighted by atomic mass is 10.4. The van der Waals surface area contributed by atoms with Crippen molar-refractivity contribution in [2.24, 2.45) is 5.14 Å². The fourth-order valence-electron chi connectivity index (χ4n) is 0.784. The van der Waals surface area contributed by atoms with E-state index in [9.17, 15) is 13.2 Å². The molecule has 5 nitrogen and oxygen atoms in total. The maximum absolute atomic E-state index is 11.0. The molecule has 0 aliphatic heterocycles. The largest absolute Gasteiger partial charge is 0.356 e. The van der Waals surface area contributed by atoms with Gasteiger partial charge in [0, 0.05) is 18.7 Å². The van der Waals surface area contributed by atoms with Gasteiger partial charge in [-0.05, 0) is 12.7 Å². The average Bonchev–Trinajstić information content (AvgIpc) is 2.07. The van der Waals surface area contributed by atoms with Crippen molar-refractivity contribution in [1.29, 1.82) is 0 Å². The quantitative estimate of drug-likeness (QED) is 0.589. The Hall–Kier alpha value is -0.270. The number of amides is 1. The Morgan fingerprint density at radius 3 is 2.64 bits per heavy atom. The zero-order chi connectivity index (χ0) is 11.0. The molecule has 0 radical (unpaired) electrons. The Balaban J connectivity index is 3.41. The standard InChI is InChI=1S/C7H16N2O3S2/c1-13-5-3-7(10)9-4-2-6-14(8,11)12/h2-6H2,1H3,(H,9,10)(H2,8,11,12). The fraction of sp³-hybridized carbons (Fsp3) is 0.857. The van der Waals surface area contributed by atoms with Crippen LogP contribution < -0.4 is 10.5 Å². The minimum absolute atomic E-state index is 0.0474. The minimum atomic E-state index is -3.39. The molecule has 0 spiro atoms. The molecule has 7 heteroatoms. The van der Waals surface area contributed by atoms with E-state index in [1.807, 2.05) is 6.26 Å². The Bertz CT molecular complexity index is 264. The number of hydrogen-bond donors (Lipinski definition) is 2. The van der Waals surface area contributed by atoms with Crippen molar-refractivity contribution >= 4 is 27.7 Å². The normalized spacial score (nSPS) is 11.3. The number of carbonyl (C=O) groups is 1. The number of rotatable bonds is 7. The smallest absolute Gasteiger partial charge is 0.220 e. The highest BCUT2D eigenvalue weighted by Gasteiger charge is 2.03. The molecule has 0 aliphatic carbocycles. The molecule has 3 N–H and O–H groups in total. The molecule has 0 aromatic rings. The van der Waals surface area contributed by atoms with Crippen LogP contribution in [0.3, 0.4) is 0 Å². The topological polar surface area (TPSA) is 89.3 Å². The molecule has 1 amide bonds. The zero-order valence-electron chi connectivity index (χ0n) is 8.15. The molecular weight excluding hydrogens is 224 g/mol. The molecule has 0 aliphatic rings. The number of carbonyl (C=O) groups excluding carboxylic acids is 1. The molecule has 0 aromatic carbocycles. The zero-order valence-corrected chi connectivity index (χ0v) is 9.79. The van der Waals surface area contributed by atoms with Crippen LogP contribution in [0.4, 0.5) is 0 Å². The van der Waals surface area contributed by atoms with Crippen LogP contribution in [-0.4, -0.2) is 38.6 Å². The van der Waals surface area contributed by atoms with E-state index in [1.54, 1.807) is 11.8 Å². The predicted molar refractivity (Wildman–Crippen MR) is 58.6 cm³/mol. The lowest BCUT2D eigenvalue weighted by Crippen LogP contribution is -2.27. The van der Waals surface area contributed by atoms with Gasteiger partial charge in [-0.2, -0.15) is 11.8 Å². The summed E-state index contributed by atoms with van der Waals surface area (Å²) in [6, 6.07) is 0. The number of thioether (sulfide) groups is 1. The first kappa shape index (κ1) is 13.7. The molecule has 0 bridgehead atoms. The van der Waals surface area contributed by atoms with E-state index in [4.69, 9.17) is 5.14 Å². The molecule has 0 saturated carbocycles. The molecule has 0 heterocycles. The lowest BCUT2D eigenvalue weighted by molar-refractivity contribution is -0.120. The second kappa shape index (κ2) is 7.08. The van der Waals surface area contributed by atoms with Crippen molar-refractivity contribution in [3.63, 3.8) is 0 Å². The average molecular weight is 240 g/mol. The summed E-state index contributed by atoms with van der Waals surface area (Å²) >= 11 is 1.60. The summed E-state index contributed by atoms with van der Waals surface area (Å²) in [5.41, 5.74) is 0. The Kier molecular flexibility index (Phi) is 6.94. The summed E-state index contributed by atoms with van der Waals surface area (Å²) in [5.74, 6) is 0.644. The van der Waals surface area contributed by atoms with Gasteiger partial charge in [0.05, 0.1) is 5.75 Å². The van der Waals surface area contributed by atoms with E-state index in [0.717, 1.165) is 5.75 Å². The van der Waals surface area contributed by atoms with Gasteiger partial charge in [0.2, 0.25) is 15.9 Å². The first-order valence-electron chi connectivity index (χ1n) is 4.22. The van der Waals surface area contributed by atoms with Crippen molar-refractivity contribution in [1.82, 2.24) is 5.32 Å². The molecule has 0 unspecified atom stereocenters. The van der Waals surface area contributed by atoms with Gasteiger partial charge in [-0.25, -0.2) is 13.6 Å². The van der Waals surface area contributed by atoms with Crippen LogP contribution in [0.2, 0.25) is 0 Å². The van der Waals surface area contributed by atoms with Gasteiger partial charge in [-0.15, -0.1) is 0 Å². The first-order valence-corrected chi connectivity index (χ1v) is 7.33. The summed E-state index contributed by atoms with van der Waals surface area (Å²) in [4.78, 5) is 11.0. The van der Waals surface area contributed by atoms with E-state index in [2.05, 4.69) is 5.32 Å². The third-order valence-corrected chi connectivity index (χ3v) is 2.93. The fourth-order valence-corrected chi connectivity index (χ4v) is 1.72. The van der Waals surface area contributed by atoms with Crippen molar-refractivity contribution in [2.75, 3.05) is 24.3 Å². The number of nitrogens with one attached hydrogen (secondary N) is 1. The molecule has 0 aromatic heterocycles. The number of hydrogen-bond acceptors (Lipinski definition) is 4. The van der Waals surface area contributed by atoms with E-state index >= 15 is 0 Å². The van der Waals surface area contributed by atoms with Crippen LogP contribution in [0.5, 0.6) is 0 Å². The van der Waals surface area contributed by atoms with Gasteiger partial charge in [0.15, 0.2) is 0 Å². The van der Waals surface area contributed by atoms with Gasteiger partial charge >= 0.3 is 0 Å². The van der Waals surface area contributed by atoms with Crippen LogP contribution in [-0.2, 0) is 14.8 Å². The molecule has 0 atom stereocenters. The summed E-state index contributed by atoms with van der Waals surface area (Å²) in [6.45, 7) is 0.365. The Labute approximate surface area is 88.9 Å². The van der Waals surface area contributed by atoms with Crippen LogP contribution in [0.1, 0.15) is 12.8 Å². The Morgan fingerprint density at radius 2 is 2.14 bits per heavy atom. The van der Waals surface area contributed by atoms with Crippen LogP contribution >= 0.6 is 11.8 Å². The molecule has 0 fully saturated rings. The number of sulfonamides is 1. The highest BCUT2D eigenvalue weighted by Crippen LogP contribution is 1.94. The van der Waals surface area contributed by atoms with Crippen molar-refractivity contribution < 1.29 is 13.2 Å². The summed E-state index contributed by atoms with van der Waals surface area (Å²) < 4.78 is 21.0. The van der Waals surface area contributed by atoms with E-state index in [0.29, 0.717) is 19.4 Å². The van der Waals surface area contributed by atoms with Gasteiger partial charge in [-0.1, -0.05) is 0 Å². The van der Waals surface area contributed by atoms with Gasteiger partial charge < -0.3 is 5.32 Å². The van der Waals surface area contributed by atoms with Crippen LogP contribution in [0, 0.1) is 0 Å². The van der Waals surface area contributed by atoms with Crippen molar-refractivity contribution in [2.45, 2.75) is 12.8 Å². The maximum Gasteiger partial charge on any atom is 0.220 e. The molecule has 0 saturated heterocycles. The van der Waals surface area contributed by atoms with E-state index in [1.165, 1.54) is 0 Å². The van der Waals surface area contributed by atoms with Gasteiger partial charge in [0.25, 0.3) is 0 Å². The summed E-state index contributed by atoms with van der Waals surface area (Å²) in [7, 11) is -3.39. The van der Waals surface area contributed by atoms with E-state index in [-0.39, 0.29) is 11.7 Å². The minimum Gasteiger partial charge on any atom is -0.356 e. The molecule has 84 valence electrons. The van der Waals surface area contributed by atoms with Crippen molar-refractivity contribution in [3.05, 3.63) is 0 Å². The second-order valence-electron chi connectivity index (χ2n) is 2.81. The van der Waals surface area contributed by atoms with E-state index < -0.39 is 10.0 Å². The highest BCUT2D eigenvalue weighted by molar-refractivity contribution is 7.98. The molecule has 0 rings (SSSR count). The van der Waals surface area contributed by atoms with Crippen molar-refractivity contribution in [3.8, 4) is 0 Å². The third kappa shape index (κ3) is 9.82. The number of primary sulfonamides is 1. The highest BCUT2D eigenvalue weighted by atomic mass is 32.2. The Morgan fingerprint density at radius 1 is 1.50 bits per heavy atom. The van der Waals surface area contributed by atoms with Gasteiger partial charge in [-0.3, -0.25) is 4.79 Å². The van der Waals surface area contributed by atoms with Crippen LogP contribution in [0.15, 0.2) is 0 Å². The monoisotopic (exact) mass is 240 g/mol. The SMILES string of the molecule is CSCCC(=O)NCCCS(N)(=O)=O. The predicted octanol–water partition coefficient (Wildman–Crippen LogP) is -0.466. The maximum atomic E-state index is 11.0. The lowest BCUT2D eigenvalue weighted by Gasteiger charge is -2.03.